The minimum absolute atomic E-state index is 0.239. The van der Waals surface area contributed by atoms with Crippen molar-refractivity contribution in [3.05, 3.63) is 34.4 Å². The molecular weight excluding hydrogens is 290 g/mol. The van der Waals surface area contributed by atoms with Gasteiger partial charge >= 0.3 is 0 Å². The van der Waals surface area contributed by atoms with Crippen LogP contribution in [0.5, 0.6) is 5.88 Å². The third kappa shape index (κ3) is 3.02. The lowest BCUT2D eigenvalue weighted by atomic mass is 9.74. The minimum Gasteiger partial charge on any atom is -0.481 e. The molecule has 0 amide bonds. The number of ether oxygens (including phenoxy) is 1. The van der Waals surface area contributed by atoms with E-state index in [-0.39, 0.29) is 5.41 Å². The Morgan fingerprint density at radius 1 is 1.43 bits per heavy atom. The van der Waals surface area contributed by atoms with E-state index in [2.05, 4.69) is 30.3 Å². The van der Waals surface area contributed by atoms with Crippen molar-refractivity contribution in [3.8, 4) is 5.88 Å². The molecule has 0 bridgehead atoms. The normalized spacial score (nSPS) is 19.7. The van der Waals surface area contributed by atoms with Gasteiger partial charge in [0.2, 0.25) is 5.88 Å². The van der Waals surface area contributed by atoms with Crippen LogP contribution in [-0.4, -0.2) is 16.9 Å². The van der Waals surface area contributed by atoms with Crippen molar-refractivity contribution in [1.82, 2.24) is 15.1 Å². The predicted octanol–water partition coefficient (Wildman–Crippen LogP) is 3.44. The molecule has 3 rings (SSSR count). The van der Waals surface area contributed by atoms with Gasteiger partial charge in [-0.15, -0.1) is 0 Å². The van der Waals surface area contributed by atoms with Crippen LogP contribution in [-0.2, 0) is 20.0 Å². The maximum Gasteiger partial charge on any atom is 0.216 e. The van der Waals surface area contributed by atoms with Crippen LogP contribution in [0, 0.1) is 19.3 Å². The molecule has 0 aromatic carbocycles. The lowest BCUT2D eigenvalue weighted by Gasteiger charge is -2.34. The summed E-state index contributed by atoms with van der Waals surface area (Å²) in [5.41, 5.74) is 3.68. The molecule has 1 atom stereocenters. The lowest BCUT2D eigenvalue weighted by Crippen LogP contribution is -2.32. The highest BCUT2D eigenvalue weighted by atomic mass is 16.5. The van der Waals surface area contributed by atoms with Crippen LogP contribution in [0.3, 0.4) is 0 Å². The molecule has 2 heterocycles. The summed E-state index contributed by atoms with van der Waals surface area (Å²) in [6, 6.07) is 2.48. The molecule has 1 aliphatic carbocycles. The first-order valence-electron chi connectivity index (χ1n) is 8.20. The number of rotatable bonds is 4. The largest absolute Gasteiger partial charge is 0.481 e. The lowest BCUT2D eigenvalue weighted by molar-refractivity contribution is 0.233. The van der Waals surface area contributed by atoms with E-state index < -0.39 is 0 Å². The molecule has 0 unspecified atom stereocenters. The van der Waals surface area contributed by atoms with Crippen LogP contribution in [0.25, 0.3) is 0 Å². The van der Waals surface area contributed by atoms with Gasteiger partial charge in [0.1, 0.15) is 11.5 Å². The fraction of sp³-hybridized carbons (Fsp3) is 0.611. The Kier molecular flexibility index (Phi) is 4.00. The average Bonchev–Trinajstić information content (AvgIpc) is 2.93. The van der Waals surface area contributed by atoms with Crippen LogP contribution in [0.2, 0.25) is 0 Å². The zero-order valence-electron chi connectivity index (χ0n) is 15.0. The summed E-state index contributed by atoms with van der Waals surface area (Å²) < 4.78 is 13.2. The number of aromatic nitrogens is 2. The summed E-state index contributed by atoms with van der Waals surface area (Å²) >= 11 is 0. The van der Waals surface area contributed by atoms with Crippen LogP contribution < -0.4 is 10.1 Å². The van der Waals surface area contributed by atoms with Crippen molar-refractivity contribution >= 4 is 0 Å². The summed E-state index contributed by atoms with van der Waals surface area (Å²) in [6.07, 6.45) is 2.10. The fourth-order valence-corrected chi connectivity index (χ4v) is 3.73. The zero-order chi connectivity index (χ0) is 16.8. The molecule has 2 aromatic heterocycles. The third-order valence-electron chi connectivity index (χ3n) is 4.74. The molecular formula is C18H27N3O2. The molecule has 2 aromatic rings. The number of nitrogens with zero attached hydrogens (tertiary/aromatic N) is 2. The summed E-state index contributed by atoms with van der Waals surface area (Å²) in [5, 5.41) is 8.15. The van der Waals surface area contributed by atoms with Gasteiger partial charge in [-0.1, -0.05) is 13.8 Å². The molecule has 23 heavy (non-hydrogen) atoms. The summed E-state index contributed by atoms with van der Waals surface area (Å²) in [4.78, 5) is 0. The van der Waals surface area contributed by atoms with Crippen LogP contribution >= 0.6 is 0 Å². The van der Waals surface area contributed by atoms with Gasteiger partial charge in [0, 0.05) is 31.6 Å². The molecule has 5 heteroatoms. The van der Waals surface area contributed by atoms with Crippen LogP contribution in [0.4, 0.5) is 0 Å². The quantitative estimate of drug-likeness (QED) is 0.938. The van der Waals surface area contributed by atoms with Gasteiger partial charge in [0.05, 0.1) is 18.4 Å². The zero-order valence-corrected chi connectivity index (χ0v) is 15.0. The van der Waals surface area contributed by atoms with E-state index in [4.69, 9.17) is 9.15 Å². The van der Waals surface area contributed by atoms with Gasteiger partial charge in [-0.2, -0.15) is 5.10 Å². The molecule has 0 fully saturated rings. The first-order chi connectivity index (χ1) is 10.8. The highest BCUT2D eigenvalue weighted by Gasteiger charge is 2.34. The minimum atomic E-state index is 0.239. The second kappa shape index (κ2) is 5.71. The molecule has 0 aliphatic heterocycles. The molecule has 0 spiro atoms. The first kappa shape index (κ1) is 16.1. The Morgan fingerprint density at radius 3 is 2.87 bits per heavy atom. The fourth-order valence-electron chi connectivity index (χ4n) is 3.73. The smallest absolute Gasteiger partial charge is 0.216 e. The molecule has 0 saturated heterocycles. The number of hydrogen-bond acceptors (Lipinski definition) is 4. The molecule has 0 radical (unpaired) electrons. The van der Waals surface area contributed by atoms with Crippen molar-refractivity contribution in [2.75, 3.05) is 7.11 Å². The highest BCUT2D eigenvalue weighted by Crippen LogP contribution is 2.42. The number of aryl methyl sites for hydroxylation is 3. The summed E-state index contributed by atoms with van der Waals surface area (Å²) in [7, 11) is 3.61. The molecule has 126 valence electrons. The van der Waals surface area contributed by atoms with E-state index in [9.17, 15) is 0 Å². The average molecular weight is 317 g/mol. The monoisotopic (exact) mass is 317 g/mol. The van der Waals surface area contributed by atoms with Gasteiger partial charge in [0.25, 0.3) is 0 Å². The first-order valence-corrected chi connectivity index (χ1v) is 8.20. The third-order valence-corrected chi connectivity index (χ3v) is 4.74. The van der Waals surface area contributed by atoms with Crippen molar-refractivity contribution in [3.63, 3.8) is 0 Å². The number of furan rings is 1. The molecule has 0 saturated carbocycles. The number of nitrogens with one attached hydrogen (secondary N) is 1. The highest BCUT2D eigenvalue weighted by molar-refractivity contribution is 5.32. The van der Waals surface area contributed by atoms with Crippen LogP contribution in [0.15, 0.2) is 10.5 Å². The molecule has 5 nitrogen and oxygen atoms in total. The van der Waals surface area contributed by atoms with E-state index in [1.54, 1.807) is 11.8 Å². The Bertz CT molecular complexity index is 712. The number of fused-ring (bicyclic) bond motifs is 1. The predicted molar refractivity (Wildman–Crippen MR) is 89.6 cm³/mol. The number of hydrogen-bond donors (Lipinski definition) is 1. The molecule has 1 N–H and O–H groups in total. The van der Waals surface area contributed by atoms with Gasteiger partial charge in [-0.05, 0) is 31.7 Å². The van der Waals surface area contributed by atoms with Gasteiger partial charge in [0.15, 0.2) is 0 Å². The van der Waals surface area contributed by atoms with Gasteiger partial charge in [-0.3, -0.25) is 0 Å². The summed E-state index contributed by atoms with van der Waals surface area (Å²) in [6.45, 7) is 9.40. The second-order valence-electron chi connectivity index (χ2n) is 7.41. The standard InChI is InChI=1S/C18H27N3O2/c1-11-7-13-15(8-18(3,4)9-16(13)23-11)19-10-14-12(2)20-21(5)17(14)22-6/h7,15,19H,8-10H2,1-6H3/t15-/m0/s1. The van der Waals surface area contributed by atoms with E-state index in [1.165, 1.54) is 5.56 Å². The van der Waals surface area contributed by atoms with E-state index in [0.29, 0.717) is 6.04 Å². The van der Waals surface area contributed by atoms with E-state index >= 15 is 0 Å². The van der Waals surface area contributed by atoms with Crippen molar-refractivity contribution in [2.24, 2.45) is 12.5 Å². The Balaban J connectivity index is 1.83. The van der Waals surface area contributed by atoms with Crippen molar-refractivity contribution in [2.45, 2.75) is 53.1 Å². The SMILES string of the molecule is COc1c(CN[C@H]2CC(C)(C)Cc3oc(C)cc32)c(C)nn1C. The second-order valence-corrected chi connectivity index (χ2v) is 7.41. The topological polar surface area (TPSA) is 52.2 Å². The van der Waals surface area contributed by atoms with Gasteiger partial charge in [-0.25, -0.2) is 4.68 Å². The maximum atomic E-state index is 5.92. The van der Waals surface area contributed by atoms with Crippen molar-refractivity contribution in [1.29, 1.82) is 0 Å². The van der Waals surface area contributed by atoms with Gasteiger partial charge < -0.3 is 14.5 Å². The number of methoxy groups -OCH3 is 1. The van der Waals surface area contributed by atoms with Crippen molar-refractivity contribution < 1.29 is 9.15 Å². The Morgan fingerprint density at radius 2 is 2.17 bits per heavy atom. The van der Waals surface area contributed by atoms with Crippen LogP contribution in [0.1, 0.15) is 54.7 Å². The maximum absolute atomic E-state index is 5.92. The van der Waals surface area contributed by atoms with E-state index in [0.717, 1.165) is 48.0 Å². The molecule has 1 aliphatic rings. The van der Waals surface area contributed by atoms with E-state index in [1.807, 2.05) is 20.9 Å². The Hall–Kier alpha value is -1.75. The summed E-state index contributed by atoms with van der Waals surface area (Å²) in [5.74, 6) is 2.95. The Labute approximate surface area is 138 Å².